The van der Waals surface area contributed by atoms with Crippen molar-refractivity contribution in [1.29, 1.82) is 0 Å². The Morgan fingerprint density at radius 3 is 2.40 bits per heavy atom. The number of carbonyl (C=O) groups is 2. The molecule has 0 atom stereocenters. The second-order valence-corrected chi connectivity index (χ2v) is 11.0. The summed E-state index contributed by atoms with van der Waals surface area (Å²) in [6, 6.07) is 17.1. The fourth-order valence-electron chi connectivity index (χ4n) is 5.20. The van der Waals surface area contributed by atoms with Gasteiger partial charge in [0.05, 0.1) is 6.20 Å². The first kappa shape index (κ1) is 29.3. The van der Waals surface area contributed by atoms with Crippen LogP contribution in [0, 0.1) is 5.92 Å². The van der Waals surface area contributed by atoms with Crippen LogP contribution in [0.4, 0.5) is 5.69 Å². The van der Waals surface area contributed by atoms with Crippen LogP contribution in [0.5, 0.6) is 11.5 Å². The molecule has 0 radical (unpaired) electrons. The summed E-state index contributed by atoms with van der Waals surface area (Å²) < 4.78 is 5.81. The molecule has 2 heterocycles. The van der Waals surface area contributed by atoms with Gasteiger partial charge < -0.3 is 15.0 Å². The highest BCUT2D eigenvalue weighted by molar-refractivity contribution is 5.97. The quantitative estimate of drug-likeness (QED) is 0.365. The molecule has 0 bridgehead atoms. The summed E-state index contributed by atoms with van der Waals surface area (Å²) in [7, 11) is 0. The lowest BCUT2D eigenvalue weighted by atomic mass is 10.0. The first-order valence-corrected chi connectivity index (χ1v) is 14.5. The normalized spacial score (nSPS) is 15.1. The zero-order valence-corrected chi connectivity index (χ0v) is 24.1. The Morgan fingerprint density at radius 2 is 1.70 bits per heavy atom. The Kier molecular flexibility index (Phi) is 10.7. The lowest BCUT2D eigenvalue weighted by Gasteiger charge is -2.30. The van der Waals surface area contributed by atoms with E-state index in [1.165, 1.54) is 19.3 Å². The highest BCUT2D eigenvalue weighted by Crippen LogP contribution is 2.27. The van der Waals surface area contributed by atoms with Gasteiger partial charge in [-0.05, 0) is 78.9 Å². The zero-order valence-electron chi connectivity index (χ0n) is 24.1. The number of nitrogens with one attached hydrogen (secondary N) is 1. The third-order valence-electron chi connectivity index (χ3n) is 7.13. The predicted octanol–water partition coefficient (Wildman–Crippen LogP) is 6.58. The van der Waals surface area contributed by atoms with Crippen molar-refractivity contribution < 1.29 is 14.3 Å². The van der Waals surface area contributed by atoms with E-state index in [0.717, 1.165) is 49.3 Å². The van der Waals surface area contributed by atoms with Gasteiger partial charge >= 0.3 is 0 Å². The average Bonchev–Trinajstić information content (AvgIpc) is 2.93. The monoisotopic (exact) mass is 542 g/mol. The Balaban J connectivity index is 1.49. The molecule has 40 heavy (non-hydrogen) atoms. The van der Waals surface area contributed by atoms with Gasteiger partial charge in [0.2, 0.25) is 5.91 Å². The lowest BCUT2D eigenvalue weighted by Crippen LogP contribution is -2.34. The summed E-state index contributed by atoms with van der Waals surface area (Å²) in [6.07, 6.45) is 9.07. The summed E-state index contributed by atoms with van der Waals surface area (Å²) in [5.41, 5.74) is 3.53. The molecular weight excluding hydrogens is 500 g/mol. The number of hydrogen-bond donors (Lipinski definition) is 1. The van der Waals surface area contributed by atoms with Crippen LogP contribution in [0.1, 0.15) is 74.4 Å². The highest BCUT2D eigenvalue weighted by atomic mass is 16.5. The van der Waals surface area contributed by atoms with E-state index in [2.05, 4.69) is 29.0 Å². The van der Waals surface area contributed by atoms with E-state index in [0.29, 0.717) is 36.1 Å². The van der Waals surface area contributed by atoms with E-state index in [9.17, 15) is 9.59 Å². The van der Waals surface area contributed by atoms with E-state index < -0.39 is 0 Å². The first-order chi connectivity index (χ1) is 19.4. The van der Waals surface area contributed by atoms with E-state index >= 15 is 0 Å². The van der Waals surface area contributed by atoms with Crippen molar-refractivity contribution in [1.82, 2.24) is 15.2 Å². The molecule has 0 fully saturated rings. The Hall–Kier alpha value is -3.71. The van der Waals surface area contributed by atoms with Gasteiger partial charge in [-0.1, -0.05) is 45.2 Å². The van der Waals surface area contributed by atoms with Crippen LogP contribution >= 0.6 is 0 Å². The summed E-state index contributed by atoms with van der Waals surface area (Å²) in [5, 5.41) is 3.05. The smallest absolute Gasteiger partial charge is 0.251 e. The van der Waals surface area contributed by atoms with Gasteiger partial charge in [0.1, 0.15) is 11.5 Å². The van der Waals surface area contributed by atoms with Crippen molar-refractivity contribution in [3.8, 4) is 11.5 Å². The molecular formula is C33H42N4O3. The van der Waals surface area contributed by atoms with Crippen LogP contribution in [-0.4, -0.2) is 41.3 Å². The van der Waals surface area contributed by atoms with Crippen molar-refractivity contribution in [3.63, 3.8) is 0 Å². The molecule has 0 saturated heterocycles. The first-order valence-electron chi connectivity index (χ1n) is 14.5. The molecule has 212 valence electrons. The van der Waals surface area contributed by atoms with Gasteiger partial charge in [-0.2, -0.15) is 0 Å². The van der Waals surface area contributed by atoms with Crippen molar-refractivity contribution in [2.24, 2.45) is 5.92 Å². The molecule has 2 aromatic carbocycles. The molecule has 7 nitrogen and oxygen atoms in total. The molecule has 0 spiro atoms. The molecule has 2 amide bonds. The topological polar surface area (TPSA) is 74.8 Å². The second-order valence-electron chi connectivity index (χ2n) is 11.0. The van der Waals surface area contributed by atoms with Gasteiger partial charge in [-0.15, -0.1) is 0 Å². The Morgan fingerprint density at radius 1 is 0.950 bits per heavy atom. The van der Waals surface area contributed by atoms with Crippen LogP contribution in [0.15, 0.2) is 67.0 Å². The van der Waals surface area contributed by atoms with Gasteiger partial charge in [0.25, 0.3) is 5.91 Å². The van der Waals surface area contributed by atoms with Gasteiger partial charge in [0, 0.05) is 50.6 Å². The van der Waals surface area contributed by atoms with E-state index in [-0.39, 0.29) is 11.8 Å². The SMILES string of the molecule is CC(=O)N1CCCCCCCN(CC(C)C)Cc2cc(C(=O)NCc3ccc(Oc4cccnc4)cc3)ccc21. The number of aromatic nitrogens is 1. The van der Waals surface area contributed by atoms with Crippen LogP contribution in [-0.2, 0) is 17.9 Å². The standard InChI is InChI=1S/C33H42N4O3/c1-25(2)23-36-18-7-5-4-6-8-19-37(26(3)38)32-16-13-28(20-29(32)24-36)33(39)35-21-27-11-14-30(15-12-27)40-31-10-9-17-34-22-31/h9-17,20,22,25H,4-8,18-19,21,23-24H2,1-3H3,(H,35,39). The number of ether oxygens (including phenoxy) is 1. The van der Waals surface area contributed by atoms with Crippen molar-refractivity contribution in [2.75, 3.05) is 24.5 Å². The molecule has 3 aromatic rings. The van der Waals surface area contributed by atoms with Gasteiger partial charge in [0.15, 0.2) is 0 Å². The number of amides is 2. The summed E-state index contributed by atoms with van der Waals surface area (Å²) in [4.78, 5) is 34.3. The fraction of sp³-hybridized carbons (Fsp3) is 0.424. The predicted molar refractivity (Wildman–Crippen MR) is 160 cm³/mol. The Labute approximate surface area is 238 Å². The number of rotatable bonds is 7. The van der Waals surface area contributed by atoms with E-state index in [4.69, 9.17) is 4.74 Å². The largest absolute Gasteiger partial charge is 0.456 e. The molecule has 1 N–H and O–H groups in total. The molecule has 0 aliphatic carbocycles. The fourth-order valence-corrected chi connectivity index (χ4v) is 5.20. The molecule has 1 aromatic heterocycles. The third-order valence-corrected chi connectivity index (χ3v) is 7.13. The van der Waals surface area contributed by atoms with Crippen molar-refractivity contribution in [3.05, 3.63) is 83.7 Å². The van der Waals surface area contributed by atoms with Gasteiger partial charge in [-0.25, -0.2) is 0 Å². The Bertz CT molecular complexity index is 1240. The molecule has 7 heteroatoms. The minimum atomic E-state index is -0.130. The van der Waals surface area contributed by atoms with Crippen LogP contribution < -0.4 is 15.0 Å². The van der Waals surface area contributed by atoms with E-state index in [1.54, 1.807) is 19.3 Å². The third kappa shape index (κ3) is 8.65. The number of benzene rings is 2. The van der Waals surface area contributed by atoms with Crippen LogP contribution in [0.2, 0.25) is 0 Å². The number of anilines is 1. The highest BCUT2D eigenvalue weighted by Gasteiger charge is 2.20. The number of hydrogen-bond acceptors (Lipinski definition) is 5. The molecule has 1 aliphatic heterocycles. The van der Waals surface area contributed by atoms with Gasteiger partial charge in [-0.3, -0.25) is 19.5 Å². The minimum absolute atomic E-state index is 0.0434. The number of pyridine rings is 1. The maximum absolute atomic E-state index is 13.2. The van der Waals surface area contributed by atoms with Crippen molar-refractivity contribution >= 4 is 17.5 Å². The minimum Gasteiger partial charge on any atom is -0.456 e. The maximum atomic E-state index is 13.2. The number of carbonyl (C=O) groups excluding carboxylic acids is 2. The van der Waals surface area contributed by atoms with Crippen LogP contribution in [0.25, 0.3) is 0 Å². The second kappa shape index (κ2) is 14.6. The molecule has 0 unspecified atom stereocenters. The average molecular weight is 543 g/mol. The maximum Gasteiger partial charge on any atom is 0.251 e. The molecule has 0 saturated carbocycles. The number of nitrogens with zero attached hydrogens (tertiary/aromatic N) is 3. The van der Waals surface area contributed by atoms with E-state index in [1.807, 2.05) is 59.5 Å². The summed E-state index contributed by atoms with van der Waals surface area (Å²) >= 11 is 0. The number of fused-ring (bicyclic) bond motifs is 1. The summed E-state index contributed by atoms with van der Waals surface area (Å²) in [5.74, 6) is 1.84. The molecule has 1 aliphatic rings. The van der Waals surface area contributed by atoms with Crippen molar-refractivity contribution in [2.45, 2.75) is 66.0 Å². The molecule has 4 rings (SSSR count). The lowest BCUT2D eigenvalue weighted by molar-refractivity contribution is -0.116. The van der Waals surface area contributed by atoms with Crippen LogP contribution in [0.3, 0.4) is 0 Å². The zero-order chi connectivity index (χ0) is 28.3. The summed E-state index contributed by atoms with van der Waals surface area (Å²) in [6.45, 7) is 9.94.